The molecule has 2 nitrogen and oxygen atoms in total. The van der Waals surface area contributed by atoms with E-state index >= 15 is 0 Å². The van der Waals surface area contributed by atoms with Crippen LogP contribution in [-0.4, -0.2) is 11.1 Å². The van der Waals surface area contributed by atoms with Crippen LogP contribution in [0, 0.1) is 7.43 Å². The van der Waals surface area contributed by atoms with Crippen LogP contribution in [0.1, 0.15) is 26.2 Å². The number of unbranched alkanes of at least 4 members (excludes halogenated alkanes) is 1. The third-order valence-corrected chi connectivity index (χ3v) is 0.744. The first-order chi connectivity index (χ1) is 3.27. The Morgan fingerprint density at radius 2 is 2.12 bits per heavy atom. The smallest absolute Gasteiger partial charge is 0.303 e. The van der Waals surface area contributed by atoms with Gasteiger partial charge >= 0.3 is 5.97 Å². The minimum absolute atomic E-state index is 0. The van der Waals surface area contributed by atoms with Crippen LogP contribution in [0.25, 0.3) is 0 Å². The molecule has 0 atom stereocenters. The van der Waals surface area contributed by atoms with Crippen LogP contribution < -0.4 is 0 Å². The molecule has 2 heteroatoms. The number of carboxylic acid groups (broad SMARTS) is 1. The Morgan fingerprint density at radius 3 is 2.25 bits per heavy atom. The summed E-state index contributed by atoms with van der Waals surface area (Å²) in [7, 11) is 0. The number of aliphatic carboxylic acids is 1. The highest BCUT2D eigenvalue weighted by molar-refractivity contribution is 5.66. The summed E-state index contributed by atoms with van der Waals surface area (Å²) in [4.78, 5) is 9.76. The van der Waals surface area contributed by atoms with Gasteiger partial charge in [0.25, 0.3) is 0 Å². The Hall–Kier alpha value is -0.530. The van der Waals surface area contributed by atoms with E-state index in [2.05, 4.69) is 0 Å². The standard InChI is InChI=1S/C5H10O2.C/c1-2-3-4-5(6)7;/h2-4H2,1H3,(H,6,7);. The van der Waals surface area contributed by atoms with Gasteiger partial charge in [-0.25, -0.2) is 0 Å². The monoisotopic (exact) mass is 114 g/mol. The highest BCUT2D eigenvalue weighted by atomic mass is 16.4. The quantitative estimate of drug-likeness (QED) is 0.601. The van der Waals surface area contributed by atoms with Gasteiger partial charge in [0.2, 0.25) is 0 Å². The van der Waals surface area contributed by atoms with E-state index < -0.39 is 5.97 Å². The third-order valence-electron chi connectivity index (χ3n) is 0.744. The van der Waals surface area contributed by atoms with E-state index in [1.807, 2.05) is 6.92 Å². The Bertz CT molecular complexity index is 59.5. The maximum atomic E-state index is 9.76. The average Bonchev–Trinajstić information content (AvgIpc) is 1.61. The van der Waals surface area contributed by atoms with Crippen LogP contribution in [0.15, 0.2) is 0 Å². The minimum atomic E-state index is -0.693. The molecule has 1 N–H and O–H groups in total. The Kier molecular flexibility index (Phi) is 8.45. The van der Waals surface area contributed by atoms with E-state index in [4.69, 9.17) is 5.11 Å². The molecule has 0 amide bonds. The molecule has 4 radical (unpaired) electrons. The fraction of sp³-hybridized carbons (Fsp3) is 0.667. The normalized spacial score (nSPS) is 7.62. The van der Waals surface area contributed by atoms with Crippen molar-refractivity contribution in [1.82, 2.24) is 0 Å². The summed E-state index contributed by atoms with van der Waals surface area (Å²) in [5, 5.41) is 8.04. The second kappa shape index (κ2) is 6.47. The van der Waals surface area contributed by atoms with Crippen LogP contribution >= 0.6 is 0 Å². The number of hydrogen-bond donors (Lipinski definition) is 1. The van der Waals surface area contributed by atoms with Crippen molar-refractivity contribution in [3.8, 4) is 0 Å². The molecule has 46 valence electrons. The van der Waals surface area contributed by atoms with Crippen molar-refractivity contribution < 1.29 is 9.90 Å². The first-order valence-electron chi connectivity index (χ1n) is 2.49. The summed E-state index contributed by atoms with van der Waals surface area (Å²) in [5.41, 5.74) is 0. The fourth-order valence-electron chi connectivity index (χ4n) is 0.328. The molecule has 0 aromatic carbocycles. The van der Waals surface area contributed by atoms with Crippen LogP contribution in [0.3, 0.4) is 0 Å². The van der Waals surface area contributed by atoms with Crippen molar-refractivity contribution >= 4 is 5.97 Å². The van der Waals surface area contributed by atoms with Gasteiger partial charge in [0.1, 0.15) is 0 Å². The molecule has 0 heterocycles. The molecule has 0 aliphatic heterocycles. The summed E-state index contributed by atoms with van der Waals surface area (Å²) in [6.07, 6.45) is 2.08. The lowest BCUT2D eigenvalue weighted by Gasteiger charge is -1.85. The zero-order valence-corrected chi connectivity index (χ0v) is 4.98. The van der Waals surface area contributed by atoms with Gasteiger partial charge in [-0.2, -0.15) is 0 Å². The molecular formula is C6H10O2. The van der Waals surface area contributed by atoms with Gasteiger partial charge in [0.05, 0.1) is 0 Å². The van der Waals surface area contributed by atoms with E-state index in [-0.39, 0.29) is 7.43 Å². The predicted octanol–water partition coefficient (Wildman–Crippen LogP) is 1.34. The van der Waals surface area contributed by atoms with Crippen LogP contribution in [-0.2, 0) is 4.79 Å². The lowest BCUT2D eigenvalue weighted by molar-refractivity contribution is -0.137. The number of carbonyl (C=O) groups is 1. The minimum Gasteiger partial charge on any atom is -0.481 e. The molecule has 0 saturated heterocycles. The SMILES string of the molecule is CCCCC(=O)O.[C]. The van der Waals surface area contributed by atoms with Gasteiger partial charge in [-0.1, -0.05) is 13.3 Å². The van der Waals surface area contributed by atoms with Crippen molar-refractivity contribution in [2.45, 2.75) is 26.2 Å². The molecule has 0 spiro atoms. The summed E-state index contributed by atoms with van der Waals surface area (Å²) in [6, 6.07) is 0. The highest BCUT2D eigenvalue weighted by Crippen LogP contribution is 1.91. The molecule has 0 aromatic rings. The zero-order valence-electron chi connectivity index (χ0n) is 4.98. The maximum Gasteiger partial charge on any atom is 0.303 e. The first-order valence-corrected chi connectivity index (χ1v) is 2.49. The number of carboxylic acids is 1. The lowest BCUT2D eigenvalue weighted by atomic mass is 10.3. The zero-order chi connectivity index (χ0) is 5.70. The molecule has 0 aromatic heterocycles. The van der Waals surface area contributed by atoms with E-state index in [9.17, 15) is 4.79 Å². The maximum absolute atomic E-state index is 9.76. The van der Waals surface area contributed by atoms with Crippen LogP contribution in [0.4, 0.5) is 0 Å². The molecule has 8 heavy (non-hydrogen) atoms. The molecule has 0 bridgehead atoms. The Balaban J connectivity index is 0. The van der Waals surface area contributed by atoms with E-state index in [0.717, 1.165) is 12.8 Å². The predicted molar refractivity (Wildman–Crippen MR) is 30.4 cm³/mol. The second-order valence-corrected chi connectivity index (χ2v) is 1.50. The first kappa shape index (κ1) is 10.5. The third kappa shape index (κ3) is 9.08. The summed E-state index contributed by atoms with van der Waals surface area (Å²) in [6.45, 7) is 1.98. The van der Waals surface area contributed by atoms with E-state index in [0.29, 0.717) is 6.42 Å². The van der Waals surface area contributed by atoms with Gasteiger partial charge in [-0.05, 0) is 6.42 Å². The summed E-state index contributed by atoms with van der Waals surface area (Å²) < 4.78 is 0. The van der Waals surface area contributed by atoms with Gasteiger partial charge < -0.3 is 5.11 Å². The van der Waals surface area contributed by atoms with Crippen molar-refractivity contribution in [1.29, 1.82) is 0 Å². The highest BCUT2D eigenvalue weighted by Gasteiger charge is 1.90. The fourth-order valence-corrected chi connectivity index (χ4v) is 0.328. The molecule has 0 unspecified atom stereocenters. The van der Waals surface area contributed by atoms with Crippen LogP contribution in [0.5, 0.6) is 0 Å². The summed E-state index contributed by atoms with van der Waals surface area (Å²) in [5.74, 6) is -0.693. The van der Waals surface area contributed by atoms with Crippen molar-refractivity contribution in [3.05, 3.63) is 7.43 Å². The van der Waals surface area contributed by atoms with Crippen molar-refractivity contribution in [2.75, 3.05) is 0 Å². The molecule has 0 fully saturated rings. The van der Waals surface area contributed by atoms with Gasteiger partial charge in [0.15, 0.2) is 0 Å². The Morgan fingerprint density at radius 1 is 1.62 bits per heavy atom. The topological polar surface area (TPSA) is 37.3 Å². The second-order valence-electron chi connectivity index (χ2n) is 1.50. The van der Waals surface area contributed by atoms with Gasteiger partial charge in [-0.15, -0.1) is 0 Å². The van der Waals surface area contributed by atoms with Crippen LogP contribution in [0.2, 0.25) is 0 Å². The molecule has 0 rings (SSSR count). The molecule has 0 aliphatic rings. The van der Waals surface area contributed by atoms with E-state index in [1.54, 1.807) is 0 Å². The Labute approximate surface area is 50.5 Å². The van der Waals surface area contributed by atoms with Gasteiger partial charge in [-0.3, -0.25) is 4.79 Å². The average molecular weight is 114 g/mol. The number of hydrogen-bond acceptors (Lipinski definition) is 1. The molecular weight excluding hydrogens is 104 g/mol. The molecule has 0 saturated carbocycles. The van der Waals surface area contributed by atoms with Crippen molar-refractivity contribution in [3.63, 3.8) is 0 Å². The van der Waals surface area contributed by atoms with Crippen molar-refractivity contribution in [2.24, 2.45) is 0 Å². The van der Waals surface area contributed by atoms with Gasteiger partial charge in [0, 0.05) is 13.8 Å². The largest absolute Gasteiger partial charge is 0.481 e. The number of rotatable bonds is 3. The lowest BCUT2D eigenvalue weighted by Crippen LogP contribution is -1.91. The van der Waals surface area contributed by atoms with E-state index in [1.165, 1.54) is 0 Å². The summed E-state index contributed by atoms with van der Waals surface area (Å²) >= 11 is 0. The molecule has 0 aliphatic carbocycles.